The molecule has 2 amide bonds. The van der Waals surface area contributed by atoms with Crippen LogP contribution in [0, 0.1) is 6.92 Å². The third-order valence-electron chi connectivity index (χ3n) is 4.59. The first-order valence-corrected chi connectivity index (χ1v) is 9.62. The van der Waals surface area contributed by atoms with E-state index in [0.717, 1.165) is 5.76 Å². The van der Waals surface area contributed by atoms with E-state index >= 15 is 0 Å². The van der Waals surface area contributed by atoms with Gasteiger partial charge in [-0.05, 0) is 57.2 Å². The van der Waals surface area contributed by atoms with Crippen LogP contribution in [0.15, 0.2) is 40.8 Å². The van der Waals surface area contributed by atoms with E-state index in [9.17, 15) is 9.59 Å². The molecular formula is C22H30N2O5. The van der Waals surface area contributed by atoms with E-state index in [4.69, 9.17) is 13.9 Å². The van der Waals surface area contributed by atoms with Crippen LogP contribution in [0.4, 0.5) is 0 Å². The quantitative estimate of drug-likeness (QED) is 0.611. The topological polar surface area (TPSA) is 72.2 Å². The zero-order valence-electron chi connectivity index (χ0n) is 17.8. The fourth-order valence-corrected chi connectivity index (χ4v) is 2.89. The highest BCUT2D eigenvalue weighted by molar-refractivity contribution is 5.96. The van der Waals surface area contributed by atoms with Crippen LogP contribution in [-0.4, -0.2) is 61.6 Å². The first-order valence-electron chi connectivity index (χ1n) is 9.62. The van der Waals surface area contributed by atoms with E-state index < -0.39 is 0 Å². The average Bonchev–Trinajstić information content (AvgIpc) is 3.13. The summed E-state index contributed by atoms with van der Waals surface area (Å²) in [4.78, 5) is 29.2. The van der Waals surface area contributed by atoms with Crippen LogP contribution in [0.2, 0.25) is 0 Å². The van der Waals surface area contributed by atoms with Crippen LogP contribution in [-0.2, 0) is 16.1 Å². The molecule has 0 aliphatic heterocycles. The Morgan fingerprint density at radius 3 is 2.28 bits per heavy atom. The van der Waals surface area contributed by atoms with Gasteiger partial charge in [0.15, 0.2) is 0 Å². The molecule has 0 N–H and O–H groups in total. The van der Waals surface area contributed by atoms with Crippen molar-refractivity contribution in [2.75, 3.05) is 33.9 Å². The summed E-state index contributed by atoms with van der Waals surface area (Å²) >= 11 is 0. The zero-order valence-corrected chi connectivity index (χ0v) is 17.8. The number of aryl methyl sites for hydroxylation is 1. The van der Waals surface area contributed by atoms with Crippen molar-refractivity contribution < 1.29 is 23.5 Å². The number of furan rings is 1. The van der Waals surface area contributed by atoms with Crippen LogP contribution in [0.1, 0.15) is 35.7 Å². The lowest BCUT2D eigenvalue weighted by molar-refractivity contribution is -0.133. The van der Waals surface area contributed by atoms with Crippen LogP contribution in [0.5, 0.6) is 5.75 Å². The normalized spacial score (nSPS) is 10.8. The molecule has 7 heteroatoms. The largest absolute Gasteiger partial charge is 0.497 e. The number of hydrogen-bond acceptors (Lipinski definition) is 5. The molecular weight excluding hydrogens is 372 g/mol. The summed E-state index contributed by atoms with van der Waals surface area (Å²) in [6, 6.07) is 10.5. The van der Waals surface area contributed by atoms with E-state index in [2.05, 4.69) is 0 Å². The van der Waals surface area contributed by atoms with Gasteiger partial charge in [-0.3, -0.25) is 9.59 Å². The number of amides is 2. The number of nitrogens with zero attached hydrogens (tertiary/aromatic N) is 2. The van der Waals surface area contributed by atoms with Gasteiger partial charge in [0.25, 0.3) is 5.91 Å². The Hall–Kier alpha value is -2.80. The number of benzene rings is 1. The van der Waals surface area contributed by atoms with Crippen molar-refractivity contribution in [2.45, 2.75) is 33.4 Å². The predicted molar refractivity (Wildman–Crippen MR) is 110 cm³/mol. The number of methoxy groups -OCH3 is 2. The van der Waals surface area contributed by atoms with Crippen LogP contribution < -0.4 is 4.74 Å². The molecule has 0 fully saturated rings. The van der Waals surface area contributed by atoms with Gasteiger partial charge in [-0.2, -0.15) is 0 Å². The molecule has 1 aromatic heterocycles. The van der Waals surface area contributed by atoms with Gasteiger partial charge in [-0.25, -0.2) is 0 Å². The molecule has 7 nitrogen and oxygen atoms in total. The third kappa shape index (κ3) is 6.35. The molecule has 0 aliphatic rings. The lowest BCUT2D eigenvalue weighted by atomic mass is 10.1. The molecule has 0 bridgehead atoms. The molecule has 0 aliphatic carbocycles. The van der Waals surface area contributed by atoms with Gasteiger partial charge >= 0.3 is 0 Å². The Bertz CT molecular complexity index is 798. The Labute approximate surface area is 172 Å². The van der Waals surface area contributed by atoms with Crippen molar-refractivity contribution in [3.63, 3.8) is 0 Å². The Morgan fingerprint density at radius 1 is 1.07 bits per heavy atom. The molecule has 2 rings (SSSR count). The first kappa shape index (κ1) is 22.5. The maximum atomic E-state index is 13.0. The molecule has 29 heavy (non-hydrogen) atoms. The van der Waals surface area contributed by atoms with Crippen molar-refractivity contribution >= 4 is 11.8 Å². The third-order valence-corrected chi connectivity index (χ3v) is 4.59. The average molecular weight is 402 g/mol. The molecule has 0 unspecified atom stereocenters. The zero-order chi connectivity index (χ0) is 21.4. The second-order valence-corrected chi connectivity index (χ2v) is 7.08. The number of carbonyl (C=O) groups excluding carboxylic acids is 2. The summed E-state index contributed by atoms with van der Waals surface area (Å²) in [5.74, 6) is 1.80. The van der Waals surface area contributed by atoms with E-state index in [1.165, 1.54) is 0 Å². The van der Waals surface area contributed by atoms with E-state index in [0.29, 0.717) is 36.8 Å². The fraction of sp³-hybridized carbons (Fsp3) is 0.455. The van der Waals surface area contributed by atoms with Gasteiger partial charge in [0.1, 0.15) is 23.8 Å². The fourth-order valence-electron chi connectivity index (χ4n) is 2.89. The van der Waals surface area contributed by atoms with Gasteiger partial charge in [0, 0.05) is 25.3 Å². The van der Waals surface area contributed by atoms with Gasteiger partial charge in [-0.1, -0.05) is 0 Å². The highest BCUT2D eigenvalue weighted by atomic mass is 16.5. The Morgan fingerprint density at radius 2 is 1.76 bits per heavy atom. The second-order valence-electron chi connectivity index (χ2n) is 7.08. The van der Waals surface area contributed by atoms with Crippen LogP contribution in [0.25, 0.3) is 0 Å². The van der Waals surface area contributed by atoms with E-state index in [1.807, 2.05) is 32.9 Å². The number of carbonyl (C=O) groups is 2. The summed E-state index contributed by atoms with van der Waals surface area (Å²) in [5.41, 5.74) is 0.511. The molecule has 0 spiro atoms. The van der Waals surface area contributed by atoms with Crippen molar-refractivity contribution in [3.8, 4) is 5.75 Å². The SMILES string of the molecule is COCCN(Cc1ccc(C)o1)C(=O)CN(C(=O)c1ccc(OC)cc1)C(C)C. The molecule has 1 heterocycles. The van der Waals surface area contributed by atoms with Crippen molar-refractivity contribution in [3.05, 3.63) is 53.5 Å². The summed E-state index contributed by atoms with van der Waals surface area (Å²) in [6.07, 6.45) is 0. The highest BCUT2D eigenvalue weighted by Crippen LogP contribution is 2.16. The smallest absolute Gasteiger partial charge is 0.254 e. The monoisotopic (exact) mass is 402 g/mol. The molecule has 0 saturated carbocycles. The lowest BCUT2D eigenvalue weighted by Gasteiger charge is -2.30. The molecule has 158 valence electrons. The summed E-state index contributed by atoms with van der Waals surface area (Å²) in [6.45, 7) is 6.77. The summed E-state index contributed by atoms with van der Waals surface area (Å²) < 4.78 is 15.9. The summed E-state index contributed by atoms with van der Waals surface area (Å²) in [5, 5.41) is 0. The van der Waals surface area contributed by atoms with Gasteiger partial charge in [-0.15, -0.1) is 0 Å². The van der Waals surface area contributed by atoms with Gasteiger partial charge < -0.3 is 23.7 Å². The molecule has 1 aromatic carbocycles. The lowest BCUT2D eigenvalue weighted by Crippen LogP contribution is -2.46. The predicted octanol–water partition coefficient (Wildman–Crippen LogP) is 3.12. The molecule has 0 saturated heterocycles. The number of ether oxygens (including phenoxy) is 2. The second kappa shape index (κ2) is 10.7. The first-order chi connectivity index (χ1) is 13.8. The number of rotatable bonds is 10. The maximum Gasteiger partial charge on any atom is 0.254 e. The van der Waals surface area contributed by atoms with Crippen molar-refractivity contribution in [1.82, 2.24) is 9.80 Å². The number of hydrogen-bond donors (Lipinski definition) is 0. The molecule has 0 atom stereocenters. The van der Waals surface area contributed by atoms with Crippen molar-refractivity contribution in [1.29, 1.82) is 0 Å². The minimum Gasteiger partial charge on any atom is -0.497 e. The Balaban J connectivity index is 2.14. The van der Waals surface area contributed by atoms with Gasteiger partial charge in [0.2, 0.25) is 5.91 Å². The minimum atomic E-state index is -0.198. The van der Waals surface area contributed by atoms with E-state index in [-0.39, 0.29) is 24.4 Å². The van der Waals surface area contributed by atoms with Crippen molar-refractivity contribution in [2.24, 2.45) is 0 Å². The molecule has 0 radical (unpaired) electrons. The minimum absolute atomic E-state index is 0.0219. The molecule has 2 aromatic rings. The van der Waals surface area contributed by atoms with Crippen LogP contribution in [0.3, 0.4) is 0 Å². The highest BCUT2D eigenvalue weighted by Gasteiger charge is 2.25. The van der Waals surface area contributed by atoms with Gasteiger partial charge in [0.05, 0.1) is 20.3 Å². The standard InChI is InChI=1S/C22H30N2O5/c1-16(2)24(22(26)18-7-10-19(28-5)11-8-18)15-21(25)23(12-13-27-4)14-20-9-6-17(3)29-20/h6-11,16H,12-15H2,1-5H3. The van der Waals surface area contributed by atoms with Crippen LogP contribution >= 0.6 is 0 Å². The van der Waals surface area contributed by atoms with E-state index in [1.54, 1.807) is 48.3 Å². The Kier molecular flexibility index (Phi) is 8.27. The maximum absolute atomic E-state index is 13.0. The summed E-state index contributed by atoms with van der Waals surface area (Å²) in [7, 11) is 3.17.